The topological polar surface area (TPSA) is 107 Å². The molecule has 1 atom stereocenters. The zero-order valence-electron chi connectivity index (χ0n) is 20.6. The molecule has 2 aromatic carbocycles. The van der Waals surface area contributed by atoms with E-state index in [2.05, 4.69) is 22.0 Å². The molecule has 0 spiro atoms. The molecule has 1 aliphatic heterocycles. The van der Waals surface area contributed by atoms with Gasteiger partial charge in [-0.25, -0.2) is 0 Å². The summed E-state index contributed by atoms with van der Waals surface area (Å²) in [4.78, 5) is 26.2. The van der Waals surface area contributed by atoms with Crippen LogP contribution in [0.3, 0.4) is 0 Å². The van der Waals surface area contributed by atoms with Gasteiger partial charge < -0.3 is 20.4 Å². The number of thioether (sulfide) groups is 1. The molecule has 3 N–H and O–H groups in total. The molecule has 2 heterocycles. The Balaban J connectivity index is 1.59. The van der Waals surface area contributed by atoms with Crippen molar-refractivity contribution in [3.05, 3.63) is 104 Å². The van der Waals surface area contributed by atoms with E-state index in [4.69, 9.17) is 27.6 Å². The number of anilines is 2. The van der Waals surface area contributed by atoms with Gasteiger partial charge in [-0.1, -0.05) is 60.1 Å². The van der Waals surface area contributed by atoms with Gasteiger partial charge in [0.2, 0.25) is 5.91 Å². The summed E-state index contributed by atoms with van der Waals surface area (Å²) in [6, 6.07) is 18.0. The maximum atomic E-state index is 13.5. The van der Waals surface area contributed by atoms with E-state index in [-0.39, 0.29) is 22.3 Å². The average Bonchev–Trinajstić information content (AvgIpc) is 3.43. The number of hydrogen-bond acceptors (Lipinski definition) is 6. The molecular formula is C28H24Cl2N4O3S. The van der Waals surface area contributed by atoms with Crippen molar-refractivity contribution in [3.8, 4) is 6.07 Å². The van der Waals surface area contributed by atoms with Gasteiger partial charge in [-0.3, -0.25) is 9.59 Å². The van der Waals surface area contributed by atoms with Crippen LogP contribution in [0.4, 0.5) is 11.4 Å². The summed E-state index contributed by atoms with van der Waals surface area (Å²) in [5, 5.41) is 20.3. The van der Waals surface area contributed by atoms with E-state index >= 15 is 0 Å². The third kappa shape index (κ3) is 6.08. The van der Waals surface area contributed by atoms with Crippen LogP contribution >= 0.6 is 35.0 Å². The Kier molecular flexibility index (Phi) is 8.85. The Morgan fingerprint density at radius 1 is 1.11 bits per heavy atom. The number of para-hydroxylation sites is 1. The summed E-state index contributed by atoms with van der Waals surface area (Å²) < 4.78 is 5.64. The third-order valence-corrected chi connectivity index (χ3v) is 7.48. The minimum Gasteiger partial charge on any atom is -0.468 e. The largest absolute Gasteiger partial charge is 0.468 e. The van der Waals surface area contributed by atoms with Crippen LogP contribution in [0.1, 0.15) is 31.1 Å². The summed E-state index contributed by atoms with van der Waals surface area (Å²) >= 11 is 13.4. The molecule has 4 rings (SSSR count). The van der Waals surface area contributed by atoms with E-state index in [0.717, 1.165) is 17.7 Å². The van der Waals surface area contributed by atoms with Gasteiger partial charge >= 0.3 is 0 Å². The molecule has 1 aromatic heterocycles. The highest BCUT2D eigenvalue weighted by molar-refractivity contribution is 8.03. The standard InChI is InChI=1S/C28H24Cl2N4O3S/c1-3-17-7-4-5-8-21(17)33-24(35)15-38-28-19(14-31)26(23-9-6-12-37-23)25(16(2)32-28)27(36)34-22-11-10-18(29)13-20(22)30/h4-13,26,32H,3,15H2,1-2H3,(H,33,35)(H,34,36)/t26-/m0/s1. The van der Waals surface area contributed by atoms with E-state index in [1.807, 2.05) is 31.2 Å². The predicted molar refractivity (Wildman–Crippen MR) is 152 cm³/mol. The number of amides is 2. The van der Waals surface area contributed by atoms with Crippen molar-refractivity contribution in [2.24, 2.45) is 0 Å². The first kappa shape index (κ1) is 27.4. The molecule has 2 amide bonds. The Hall–Kier alpha value is -3.64. The summed E-state index contributed by atoms with van der Waals surface area (Å²) in [5.41, 5.74) is 3.26. The molecule has 0 aliphatic carbocycles. The Labute approximate surface area is 234 Å². The van der Waals surface area contributed by atoms with Gasteiger partial charge in [0.25, 0.3) is 5.91 Å². The molecule has 0 fully saturated rings. The summed E-state index contributed by atoms with van der Waals surface area (Å²) in [6.07, 6.45) is 2.27. The zero-order chi connectivity index (χ0) is 27.2. The van der Waals surface area contributed by atoms with Crippen molar-refractivity contribution in [1.29, 1.82) is 5.26 Å². The Morgan fingerprint density at radius 2 is 1.89 bits per heavy atom. The molecule has 0 radical (unpaired) electrons. The van der Waals surface area contributed by atoms with Gasteiger partial charge in [0.1, 0.15) is 5.76 Å². The number of carbonyl (C=O) groups excluding carboxylic acids is 2. The van der Waals surface area contributed by atoms with Crippen molar-refractivity contribution in [2.45, 2.75) is 26.2 Å². The molecule has 38 heavy (non-hydrogen) atoms. The fourth-order valence-corrected chi connectivity index (χ4v) is 5.47. The molecule has 0 saturated carbocycles. The maximum Gasteiger partial charge on any atom is 0.254 e. The fraction of sp³-hybridized carbons (Fsp3) is 0.179. The number of aryl methyl sites for hydroxylation is 1. The Bertz CT molecular complexity index is 1480. The number of nitrogens with zero attached hydrogens (tertiary/aromatic N) is 1. The SMILES string of the molecule is CCc1ccccc1NC(=O)CSC1=C(C#N)[C@@H](c2ccco2)C(C(=O)Nc2ccc(Cl)cc2Cl)=C(C)N1. The minimum absolute atomic E-state index is 0.0611. The van der Waals surface area contributed by atoms with Crippen molar-refractivity contribution >= 4 is 58.2 Å². The van der Waals surface area contributed by atoms with Gasteiger partial charge in [-0.05, 0) is 55.3 Å². The van der Waals surface area contributed by atoms with Crippen LogP contribution in [-0.2, 0) is 16.0 Å². The molecule has 7 nitrogen and oxygen atoms in total. The van der Waals surface area contributed by atoms with Gasteiger partial charge in [0.05, 0.1) is 50.9 Å². The summed E-state index contributed by atoms with van der Waals surface area (Å²) in [7, 11) is 0. The molecule has 0 saturated heterocycles. The number of benzene rings is 2. The number of nitrogens with one attached hydrogen (secondary N) is 3. The van der Waals surface area contributed by atoms with E-state index in [1.165, 1.54) is 24.1 Å². The number of furan rings is 1. The lowest BCUT2D eigenvalue weighted by molar-refractivity contribution is -0.114. The second-order valence-electron chi connectivity index (χ2n) is 8.39. The van der Waals surface area contributed by atoms with Crippen LogP contribution in [-0.4, -0.2) is 17.6 Å². The number of dihydropyridines is 1. The lowest BCUT2D eigenvalue weighted by Gasteiger charge is -2.28. The molecule has 0 bridgehead atoms. The molecule has 194 valence electrons. The minimum atomic E-state index is -0.784. The van der Waals surface area contributed by atoms with Crippen LogP contribution in [0.2, 0.25) is 10.0 Å². The third-order valence-electron chi connectivity index (χ3n) is 5.92. The second-order valence-corrected chi connectivity index (χ2v) is 10.2. The van der Waals surface area contributed by atoms with Crippen LogP contribution in [0.25, 0.3) is 0 Å². The van der Waals surface area contributed by atoms with Gasteiger partial charge in [-0.2, -0.15) is 5.26 Å². The van der Waals surface area contributed by atoms with Crippen molar-refractivity contribution in [2.75, 3.05) is 16.4 Å². The zero-order valence-corrected chi connectivity index (χ0v) is 22.9. The van der Waals surface area contributed by atoms with Crippen LogP contribution in [0, 0.1) is 11.3 Å². The van der Waals surface area contributed by atoms with Crippen LogP contribution in [0.5, 0.6) is 0 Å². The Morgan fingerprint density at radius 3 is 2.58 bits per heavy atom. The van der Waals surface area contributed by atoms with Crippen molar-refractivity contribution < 1.29 is 14.0 Å². The maximum absolute atomic E-state index is 13.5. The first-order chi connectivity index (χ1) is 18.3. The number of rotatable bonds is 8. The van der Waals surface area contributed by atoms with Crippen molar-refractivity contribution in [1.82, 2.24) is 5.32 Å². The summed E-state index contributed by atoms with van der Waals surface area (Å²) in [5.74, 6) is -0.958. The summed E-state index contributed by atoms with van der Waals surface area (Å²) in [6.45, 7) is 3.76. The number of nitriles is 1. The lowest BCUT2D eigenvalue weighted by Crippen LogP contribution is -2.31. The average molecular weight is 567 g/mol. The molecule has 0 unspecified atom stereocenters. The van der Waals surface area contributed by atoms with Crippen molar-refractivity contribution in [3.63, 3.8) is 0 Å². The highest BCUT2D eigenvalue weighted by atomic mass is 35.5. The highest BCUT2D eigenvalue weighted by Crippen LogP contribution is 2.41. The van der Waals surface area contributed by atoms with E-state index < -0.39 is 11.8 Å². The quantitative estimate of drug-likeness (QED) is 0.275. The number of hydrogen-bond donors (Lipinski definition) is 3. The molecular weight excluding hydrogens is 543 g/mol. The number of halogens is 2. The monoisotopic (exact) mass is 566 g/mol. The molecule has 1 aliphatic rings. The van der Waals surface area contributed by atoms with Gasteiger partial charge in [0.15, 0.2) is 0 Å². The van der Waals surface area contributed by atoms with Crippen LogP contribution < -0.4 is 16.0 Å². The second kappa shape index (κ2) is 12.3. The number of allylic oxidation sites excluding steroid dienone is 2. The van der Waals surface area contributed by atoms with Gasteiger partial charge in [-0.15, -0.1) is 0 Å². The van der Waals surface area contributed by atoms with E-state index in [0.29, 0.717) is 32.8 Å². The first-order valence-electron chi connectivity index (χ1n) is 11.7. The number of carbonyl (C=O) groups is 2. The van der Waals surface area contributed by atoms with Gasteiger partial charge in [0, 0.05) is 16.4 Å². The van der Waals surface area contributed by atoms with E-state index in [1.54, 1.807) is 31.2 Å². The normalized spacial score (nSPS) is 15.1. The fourth-order valence-electron chi connectivity index (χ4n) is 4.12. The molecule has 10 heteroatoms. The lowest BCUT2D eigenvalue weighted by atomic mass is 9.85. The van der Waals surface area contributed by atoms with Crippen LogP contribution in [0.15, 0.2) is 87.1 Å². The first-order valence-corrected chi connectivity index (χ1v) is 13.5. The smallest absolute Gasteiger partial charge is 0.254 e. The predicted octanol–water partition coefficient (Wildman–Crippen LogP) is 6.86. The van der Waals surface area contributed by atoms with E-state index in [9.17, 15) is 14.9 Å². The highest BCUT2D eigenvalue weighted by Gasteiger charge is 2.36. The molecule has 3 aromatic rings.